The van der Waals surface area contributed by atoms with Crippen LogP contribution in [-0.4, -0.2) is 32.6 Å². The van der Waals surface area contributed by atoms with Crippen molar-refractivity contribution in [3.63, 3.8) is 0 Å². The van der Waals surface area contributed by atoms with Crippen molar-refractivity contribution in [3.8, 4) is 11.5 Å². The van der Waals surface area contributed by atoms with E-state index in [2.05, 4.69) is 5.32 Å². The molecule has 1 heterocycles. The molecule has 0 unspecified atom stereocenters. The summed E-state index contributed by atoms with van der Waals surface area (Å²) < 4.78 is 10.6. The summed E-state index contributed by atoms with van der Waals surface area (Å²) in [6.45, 7) is 6.05. The third kappa shape index (κ3) is 3.54. The summed E-state index contributed by atoms with van der Waals surface area (Å²) in [4.78, 5) is 27.0. The molecule has 2 aromatic rings. The Labute approximate surface area is 165 Å². The van der Waals surface area contributed by atoms with Crippen LogP contribution in [0.4, 0.5) is 5.69 Å². The number of anilines is 1. The van der Waals surface area contributed by atoms with E-state index in [4.69, 9.17) is 9.47 Å². The second-order valence-corrected chi connectivity index (χ2v) is 7.49. The number of hydrogen-bond acceptors (Lipinski definition) is 4. The summed E-state index contributed by atoms with van der Waals surface area (Å²) in [5, 5.41) is 2.87. The lowest BCUT2D eigenvalue weighted by atomic mass is 9.85. The van der Waals surface area contributed by atoms with Crippen LogP contribution in [-0.2, 0) is 21.5 Å². The molecule has 0 spiro atoms. The predicted molar refractivity (Wildman–Crippen MR) is 108 cm³/mol. The fourth-order valence-electron chi connectivity index (χ4n) is 3.52. The average molecular weight is 382 g/mol. The number of fused-ring (bicyclic) bond motifs is 1. The number of ether oxygens (including phenoxy) is 2. The van der Waals surface area contributed by atoms with Gasteiger partial charge >= 0.3 is 0 Å². The Kier molecular flexibility index (Phi) is 5.31. The fourth-order valence-corrected chi connectivity index (χ4v) is 3.52. The lowest BCUT2D eigenvalue weighted by Crippen LogP contribution is -2.42. The number of carbonyl (C=O) groups is 2. The van der Waals surface area contributed by atoms with Crippen molar-refractivity contribution < 1.29 is 19.1 Å². The minimum atomic E-state index is -0.641. The fraction of sp³-hybridized carbons (Fsp3) is 0.364. The number of rotatable bonds is 6. The second kappa shape index (κ2) is 7.54. The van der Waals surface area contributed by atoms with E-state index in [1.807, 2.05) is 45.0 Å². The van der Waals surface area contributed by atoms with Gasteiger partial charge in [-0.2, -0.15) is 0 Å². The number of hydrogen-bond donors (Lipinski definition) is 1. The first-order valence-electron chi connectivity index (χ1n) is 9.18. The van der Waals surface area contributed by atoms with Gasteiger partial charge in [0.05, 0.1) is 19.6 Å². The zero-order valence-electron chi connectivity index (χ0n) is 17.0. The molecule has 148 valence electrons. The molecule has 6 nitrogen and oxygen atoms in total. The van der Waals surface area contributed by atoms with E-state index < -0.39 is 5.41 Å². The first-order chi connectivity index (χ1) is 13.3. The van der Waals surface area contributed by atoms with Crippen LogP contribution in [0.1, 0.15) is 30.5 Å². The highest BCUT2D eigenvalue weighted by molar-refractivity contribution is 6.10. The van der Waals surface area contributed by atoms with Gasteiger partial charge in [0.1, 0.15) is 18.0 Å². The smallest absolute Gasteiger partial charge is 0.240 e. The first kappa shape index (κ1) is 19.7. The minimum Gasteiger partial charge on any atom is -0.497 e. The average Bonchev–Trinajstić information content (AvgIpc) is 2.86. The molecule has 3 rings (SSSR count). The molecule has 2 amide bonds. The van der Waals surface area contributed by atoms with Gasteiger partial charge in [0, 0.05) is 17.8 Å². The van der Waals surface area contributed by atoms with Gasteiger partial charge in [0.25, 0.3) is 0 Å². The molecule has 0 atom stereocenters. The van der Waals surface area contributed by atoms with E-state index in [1.54, 1.807) is 31.3 Å². The number of nitrogens with zero attached hydrogens (tertiary/aromatic N) is 1. The van der Waals surface area contributed by atoms with Crippen molar-refractivity contribution in [2.75, 3.05) is 25.7 Å². The van der Waals surface area contributed by atoms with E-state index in [9.17, 15) is 9.59 Å². The SMILES string of the molecule is COc1ccc(OC)c(CNC(=O)CN2C(=O)C(C)(C)c3cc(C)ccc32)c1. The number of amides is 2. The largest absolute Gasteiger partial charge is 0.497 e. The third-order valence-electron chi connectivity index (χ3n) is 5.16. The van der Waals surface area contributed by atoms with Crippen molar-refractivity contribution in [2.24, 2.45) is 0 Å². The molecule has 0 bridgehead atoms. The minimum absolute atomic E-state index is 0.0232. The molecule has 0 aromatic heterocycles. The van der Waals surface area contributed by atoms with Crippen LogP contribution >= 0.6 is 0 Å². The van der Waals surface area contributed by atoms with E-state index in [-0.39, 0.29) is 24.9 Å². The quantitative estimate of drug-likeness (QED) is 0.834. The van der Waals surface area contributed by atoms with E-state index >= 15 is 0 Å². The third-order valence-corrected chi connectivity index (χ3v) is 5.16. The van der Waals surface area contributed by atoms with Crippen molar-refractivity contribution in [1.82, 2.24) is 5.32 Å². The zero-order chi connectivity index (χ0) is 20.5. The van der Waals surface area contributed by atoms with Crippen molar-refractivity contribution in [1.29, 1.82) is 0 Å². The summed E-state index contributed by atoms with van der Waals surface area (Å²) >= 11 is 0. The van der Waals surface area contributed by atoms with Gasteiger partial charge in [-0.15, -0.1) is 0 Å². The monoisotopic (exact) mass is 382 g/mol. The summed E-state index contributed by atoms with van der Waals surface area (Å²) in [5.41, 5.74) is 3.02. The summed E-state index contributed by atoms with van der Waals surface area (Å²) in [6, 6.07) is 11.3. The Balaban J connectivity index is 1.74. The lowest BCUT2D eigenvalue weighted by Gasteiger charge is -2.20. The number of methoxy groups -OCH3 is 2. The van der Waals surface area contributed by atoms with E-state index in [1.165, 1.54) is 0 Å². The molecule has 1 aliphatic rings. The summed E-state index contributed by atoms with van der Waals surface area (Å²) in [6.07, 6.45) is 0. The number of aryl methyl sites for hydroxylation is 1. The Morgan fingerprint density at radius 2 is 1.86 bits per heavy atom. The lowest BCUT2D eigenvalue weighted by molar-refractivity contribution is -0.125. The summed E-state index contributed by atoms with van der Waals surface area (Å²) in [5.74, 6) is 1.05. The molecule has 1 N–H and O–H groups in total. The molecular formula is C22H26N2O4. The molecule has 1 aliphatic heterocycles. The zero-order valence-corrected chi connectivity index (χ0v) is 17.0. The Morgan fingerprint density at radius 3 is 2.54 bits per heavy atom. The van der Waals surface area contributed by atoms with Gasteiger partial charge in [-0.05, 0) is 50.6 Å². The molecule has 28 heavy (non-hydrogen) atoms. The van der Waals surface area contributed by atoms with Crippen molar-refractivity contribution in [2.45, 2.75) is 32.7 Å². The number of benzene rings is 2. The summed E-state index contributed by atoms with van der Waals surface area (Å²) in [7, 11) is 3.17. The van der Waals surface area contributed by atoms with Crippen molar-refractivity contribution in [3.05, 3.63) is 53.1 Å². The molecule has 0 aliphatic carbocycles. The van der Waals surface area contributed by atoms with Crippen LogP contribution in [0.5, 0.6) is 11.5 Å². The van der Waals surface area contributed by atoms with Crippen LogP contribution < -0.4 is 19.7 Å². The Morgan fingerprint density at radius 1 is 1.11 bits per heavy atom. The highest BCUT2D eigenvalue weighted by atomic mass is 16.5. The normalized spacial score (nSPS) is 14.6. The molecule has 0 saturated heterocycles. The van der Waals surface area contributed by atoms with Crippen LogP contribution in [0.25, 0.3) is 0 Å². The number of carbonyl (C=O) groups excluding carboxylic acids is 2. The highest BCUT2D eigenvalue weighted by Crippen LogP contribution is 2.41. The molecule has 0 saturated carbocycles. The van der Waals surface area contributed by atoms with E-state index in [0.717, 1.165) is 22.4 Å². The van der Waals surface area contributed by atoms with Gasteiger partial charge in [0.15, 0.2) is 0 Å². The van der Waals surface area contributed by atoms with Crippen LogP contribution in [0, 0.1) is 6.92 Å². The molecule has 0 fully saturated rings. The second-order valence-electron chi connectivity index (χ2n) is 7.49. The Bertz CT molecular complexity index is 921. The van der Waals surface area contributed by atoms with Crippen LogP contribution in [0.3, 0.4) is 0 Å². The van der Waals surface area contributed by atoms with Gasteiger partial charge in [-0.1, -0.05) is 17.7 Å². The molecule has 2 aromatic carbocycles. The maximum atomic E-state index is 12.9. The van der Waals surface area contributed by atoms with E-state index in [0.29, 0.717) is 11.5 Å². The van der Waals surface area contributed by atoms with Crippen molar-refractivity contribution >= 4 is 17.5 Å². The first-order valence-corrected chi connectivity index (χ1v) is 9.18. The van der Waals surface area contributed by atoms with Gasteiger partial charge in [-0.3, -0.25) is 9.59 Å². The molecular weight excluding hydrogens is 356 g/mol. The molecule has 6 heteroatoms. The van der Waals surface area contributed by atoms with Gasteiger partial charge < -0.3 is 19.7 Å². The Hall–Kier alpha value is -3.02. The maximum absolute atomic E-state index is 12.9. The van der Waals surface area contributed by atoms with Gasteiger partial charge in [-0.25, -0.2) is 0 Å². The van der Waals surface area contributed by atoms with Crippen LogP contribution in [0.15, 0.2) is 36.4 Å². The maximum Gasteiger partial charge on any atom is 0.240 e. The highest BCUT2D eigenvalue weighted by Gasteiger charge is 2.44. The topological polar surface area (TPSA) is 67.9 Å². The predicted octanol–water partition coefficient (Wildman–Crippen LogP) is 2.95. The standard InChI is InChI=1S/C22H26N2O4/c1-14-6-8-18-17(10-14)22(2,3)21(26)24(18)13-20(25)23-12-15-11-16(27-4)7-9-19(15)28-5/h6-11H,12-13H2,1-5H3,(H,23,25). The number of nitrogens with one attached hydrogen (secondary N) is 1. The molecule has 0 radical (unpaired) electrons. The van der Waals surface area contributed by atoms with Gasteiger partial charge in [0.2, 0.25) is 11.8 Å². The van der Waals surface area contributed by atoms with Crippen LogP contribution in [0.2, 0.25) is 0 Å².